The topological polar surface area (TPSA) is 32.3 Å². The highest BCUT2D eigenvalue weighted by Crippen LogP contribution is 2.13. The summed E-state index contributed by atoms with van der Waals surface area (Å²) in [4.78, 5) is 13.9. The third kappa shape index (κ3) is 4.77. The first-order valence-corrected chi connectivity index (χ1v) is 7.47. The van der Waals surface area contributed by atoms with Gasteiger partial charge in [-0.05, 0) is 48.7 Å². The van der Waals surface area contributed by atoms with Crippen molar-refractivity contribution < 1.29 is 13.6 Å². The summed E-state index contributed by atoms with van der Waals surface area (Å²) in [7, 11) is 3.96. The zero-order valence-electron chi connectivity index (χ0n) is 13.3. The number of carbonyl (C=O) groups is 1. The van der Waals surface area contributed by atoms with Crippen molar-refractivity contribution in [2.45, 2.75) is 12.8 Å². The van der Waals surface area contributed by atoms with Crippen LogP contribution in [0.5, 0.6) is 0 Å². The second-order valence-electron chi connectivity index (χ2n) is 5.54. The number of nitrogens with one attached hydrogen (secondary N) is 1. The van der Waals surface area contributed by atoms with E-state index in [4.69, 9.17) is 0 Å². The Bertz CT molecular complexity index is 669. The first kappa shape index (κ1) is 16.9. The van der Waals surface area contributed by atoms with Crippen LogP contribution >= 0.6 is 0 Å². The Morgan fingerprint density at radius 2 is 1.78 bits per heavy atom. The fraction of sp³-hybridized carbons (Fsp3) is 0.278. The number of nitrogens with zero attached hydrogens (tertiary/aromatic N) is 1. The molecule has 23 heavy (non-hydrogen) atoms. The zero-order valence-corrected chi connectivity index (χ0v) is 13.3. The number of hydrogen-bond acceptors (Lipinski definition) is 2. The molecule has 0 aromatic heterocycles. The molecule has 0 spiro atoms. The first-order chi connectivity index (χ1) is 11.0. The van der Waals surface area contributed by atoms with Gasteiger partial charge in [-0.15, -0.1) is 0 Å². The average Bonchev–Trinajstić information content (AvgIpc) is 2.54. The van der Waals surface area contributed by atoms with E-state index < -0.39 is 17.5 Å². The molecule has 0 fully saturated rings. The van der Waals surface area contributed by atoms with Crippen LogP contribution in [-0.4, -0.2) is 26.5 Å². The number of halogens is 2. The molecule has 0 aliphatic heterocycles. The number of carbonyl (C=O) groups excluding carboxylic acids is 1. The fourth-order valence-corrected chi connectivity index (χ4v) is 2.22. The maximum absolute atomic E-state index is 13.5. The van der Waals surface area contributed by atoms with Crippen molar-refractivity contribution in [3.8, 4) is 0 Å². The van der Waals surface area contributed by atoms with Crippen LogP contribution in [0.25, 0.3) is 0 Å². The summed E-state index contributed by atoms with van der Waals surface area (Å²) in [6.07, 6.45) is 1.53. The Labute approximate surface area is 134 Å². The van der Waals surface area contributed by atoms with Gasteiger partial charge in [0.25, 0.3) is 5.91 Å². The van der Waals surface area contributed by atoms with Crippen LogP contribution < -0.4 is 10.2 Å². The number of aryl methyl sites for hydroxylation is 1. The largest absolute Gasteiger partial charge is 0.378 e. The van der Waals surface area contributed by atoms with Gasteiger partial charge >= 0.3 is 0 Å². The summed E-state index contributed by atoms with van der Waals surface area (Å²) in [5.41, 5.74) is 2.03. The van der Waals surface area contributed by atoms with Crippen LogP contribution in [0.4, 0.5) is 14.5 Å². The Balaban J connectivity index is 1.81. The van der Waals surface area contributed by atoms with Gasteiger partial charge in [0.15, 0.2) is 0 Å². The van der Waals surface area contributed by atoms with Gasteiger partial charge in [0.1, 0.15) is 11.6 Å². The van der Waals surface area contributed by atoms with E-state index in [2.05, 4.69) is 5.32 Å². The molecule has 0 aliphatic carbocycles. The molecule has 0 saturated heterocycles. The molecule has 5 heteroatoms. The maximum Gasteiger partial charge on any atom is 0.254 e. The van der Waals surface area contributed by atoms with Crippen molar-refractivity contribution in [2.24, 2.45) is 0 Å². The lowest BCUT2D eigenvalue weighted by Crippen LogP contribution is -2.25. The molecule has 2 aromatic rings. The van der Waals surface area contributed by atoms with Crippen LogP contribution in [0.2, 0.25) is 0 Å². The molecule has 122 valence electrons. The predicted octanol–water partition coefficient (Wildman–Crippen LogP) is 3.39. The molecular formula is C18H20F2N2O. The molecular weight excluding hydrogens is 298 g/mol. The normalized spacial score (nSPS) is 10.4. The van der Waals surface area contributed by atoms with Crippen molar-refractivity contribution in [1.29, 1.82) is 0 Å². The summed E-state index contributed by atoms with van der Waals surface area (Å²) in [5.74, 6) is -1.94. The summed E-state index contributed by atoms with van der Waals surface area (Å²) >= 11 is 0. The highest BCUT2D eigenvalue weighted by atomic mass is 19.1. The maximum atomic E-state index is 13.5. The molecule has 0 unspecified atom stereocenters. The average molecular weight is 318 g/mol. The van der Waals surface area contributed by atoms with Gasteiger partial charge < -0.3 is 10.2 Å². The van der Waals surface area contributed by atoms with E-state index in [1.807, 2.05) is 43.3 Å². The van der Waals surface area contributed by atoms with E-state index in [0.717, 1.165) is 36.7 Å². The van der Waals surface area contributed by atoms with Gasteiger partial charge in [-0.3, -0.25) is 4.79 Å². The molecule has 1 N–H and O–H groups in total. The van der Waals surface area contributed by atoms with Crippen molar-refractivity contribution in [2.75, 3.05) is 25.5 Å². The number of anilines is 1. The zero-order chi connectivity index (χ0) is 16.8. The van der Waals surface area contributed by atoms with E-state index >= 15 is 0 Å². The smallest absolute Gasteiger partial charge is 0.254 e. The third-order valence-corrected chi connectivity index (χ3v) is 3.55. The highest BCUT2D eigenvalue weighted by Gasteiger charge is 2.12. The van der Waals surface area contributed by atoms with Crippen molar-refractivity contribution in [1.82, 2.24) is 5.32 Å². The Hall–Kier alpha value is -2.43. The van der Waals surface area contributed by atoms with E-state index in [1.54, 1.807) is 0 Å². The molecule has 1 amide bonds. The lowest BCUT2D eigenvalue weighted by Gasteiger charge is -2.12. The van der Waals surface area contributed by atoms with Crippen LogP contribution in [0.1, 0.15) is 22.3 Å². The number of hydrogen-bond donors (Lipinski definition) is 1. The molecule has 0 saturated carbocycles. The van der Waals surface area contributed by atoms with E-state index in [1.165, 1.54) is 5.56 Å². The molecule has 0 atom stereocenters. The van der Waals surface area contributed by atoms with Crippen LogP contribution in [0.15, 0.2) is 42.5 Å². The minimum Gasteiger partial charge on any atom is -0.378 e. The number of amides is 1. The van der Waals surface area contributed by atoms with Gasteiger partial charge in [-0.25, -0.2) is 8.78 Å². The molecule has 0 heterocycles. The van der Waals surface area contributed by atoms with Gasteiger partial charge in [-0.1, -0.05) is 12.1 Å². The molecule has 3 nitrogen and oxygen atoms in total. The van der Waals surface area contributed by atoms with E-state index in [0.29, 0.717) is 6.54 Å². The van der Waals surface area contributed by atoms with Gasteiger partial charge in [0, 0.05) is 26.3 Å². The summed E-state index contributed by atoms with van der Waals surface area (Å²) in [6.45, 7) is 0.407. The first-order valence-electron chi connectivity index (χ1n) is 7.47. The molecule has 0 bridgehead atoms. The number of rotatable bonds is 6. The van der Waals surface area contributed by atoms with Gasteiger partial charge in [0.05, 0.1) is 5.56 Å². The monoisotopic (exact) mass is 318 g/mol. The molecule has 2 rings (SSSR count). The van der Waals surface area contributed by atoms with E-state index in [-0.39, 0.29) is 5.56 Å². The van der Waals surface area contributed by atoms with Crippen LogP contribution in [0, 0.1) is 11.6 Å². The summed E-state index contributed by atoms with van der Waals surface area (Å²) in [6, 6.07) is 11.0. The fourth-order valence-electron chi connectivity index (χ4n) is 2.22. The molecule has 2 aromatic carbocycles. The van der Waals surface area contributed by atoms with Gasteiger partial charge in [-0.2, -0.15) is 0 Å². The van der Waals surface area contributed by atoms with Crippen LogP contribution in [0.3, 0.4) is 0 Å². The van der Waals surface area contributed by atoms with Crippen LogP contribution in [-0.2, 0) is 6.42 Å². The minimum absolute atomic E-state index is 0.264. The SMILES string of the molecule is CN(C)c1ccc(CCCNC(=O)c2cc(F)ccc2F)cc1. The Kier molecular flexibility index (Phi) is 5.68. The number of benzene rings is 2. The lowest BCUT2D eigenvalue weighted by atomic mass is 10.1. The molecule has 0 radical (unpaired) electrons. The summed E-state index contributed by atoms with van der Waals surface area (Å²) in [5, 5.41) is 2.61. The Morgan fingerprint density at radius 1 is 1.09 bits per heavy atom. The minimum atomic E-state index is -0.719. The van der Waals surface area contributed by atoms with Crippen molar-refractivity contribution in [3.05, 3.63) is 65.2 Å². The Morgan fingerprint density at radius 3 is 2.43 bits per heavy atom. The lowest BCUT2D eigenvalue weighted by molar-refractivity contribution is 0.0948. The van der Waals surface area contributed by atoms with Gasteiger partial charge in [0.2, 0.25) is 0 Å². The summed E-state index contributed by atoms with van der Waals surface area (Å²) < 4.78 is 26.5. The third-order valence-electron chi connectivity index (χ3n) is 3.55. The highest BCUT2D eigenvalue weighted by molar-refractivity contribution is 5.94. The molecule has 0 aliphatic rings. The van der Waals surface area contributed by atoms with Crippen molar-refractivity contribution >= 4 is 11.6 Å². The predicted molar refractivity (Wildman–Crippen MR) is 87.8 cm³/mol. The second-order valence-corrected chi connectivity index (χ2v) is 5.54. The second kappa shape index (κ2) is 7.72. The van der Waals surface area contributed by atoms with Crippen molar-refractivity contribution in [3.63, 3.8) is 0 Å². The standard InChI is InChI=1S/C18H20F2N2O/c1-22(2)15-8-5-13(6-9-15)4-3-11-21-18(23)16-12-14(19)7-10-17(16)20/h5-10,12H,3-4,11H2,1-2H3,(H,21,23). The quantitative estimate of drug-likeness (QED) is 0.828. The van der Waals surface area contributed by atoms with E-state index in [9.17, 15) is 13.6 Å².